The fraction of sp³-hybridized carbons (Fsp3) is 0.889. The van der Waals surface area contributed by atoms with Crippen LogP contribution in [0.4, 0.5) is 0 Å². The SMILES string of the molecule is C[C@H](N)C(=O)N1C[C@H]2COC[C@@H]2C1. The molecule has 0 bridgehead atoms. The normalized spacial score (nSPS) is 34.8. The van der Waals surface area contributed by atoms with Crippen LogP contribution < -0.4 is 5.73 Å². The van der Waals surface area contributed by atoms with E-state index in [-0.39, 0.29) is 11.9 Å². The summed E-state index contributed by atoms with van der Waals surface area (Å²) in [6.07, 6.45) is 0. The lowest BCUT2D eigenvalue weighted by Gasteiger charge is -2.19. The largest absolute Gasteiger partial charge is 0.381 e. The number of likely N-dealkylation sites (tertiary alicyclic amines) is 1. The van der Waals surface area contributed by atoms with Crippen LogP contribution in [-0.4, -0.2) is 43.2 Å². The first-order valence-electron chi connectivity index (χ1n) is 4.80. The number of fused-ring (bicyclic) bond motifs is 1. The third kappa shape index (κ3) is 1.56. The van der Waals surface area contributed by atoms with E-state index in [1.165, 1.54) is 0 Å². The second-order valence-corrected chi connectivity index (χ2v) is 4.09. The molecule has 0 radical (unpaired) electrons. The molecule has 0 aromatic rings. The van der Waals surface area contributed by atoms with Gasteiger partial charge in [0.1, 0.15) is 0 Å². The molecule has 2 aliphatic heterocycles. The third-order valence-electron chi connectivity index (χ3n) is 2.94. The molecule has 0 aromatic heterocycles. The second kappa shape index (κ2) is 3.27. The van der Waals surface area contributed by atoms with Gasteiger partial charge in [-0.25, -0.2) is 0 Å². The van der Waals surface area contributed by atoms with Gasteiger partial charge in [0.15, 0.2) is 0 Å². The van der Waals surface area contributed by atoms with Crippen molar-refractivity contribution in [3.63, 3.8) is 0 Å². The molecule has 2 aliphatic rings. The molecule has 0 aromatic carbocycles. The summed E-state index contributed by atoms with van der Waals surface area (Å²) >= 11 is 0. The van der Waals surface area contributed by atoms with E-state index in [1.807, 2.05) is 4.90 Å². The predicted molar refractivity (Wildman–Crippen MR) is 48.0 cm³/mol. The first-order valence-corrected chi connectivity index (χ1v) is 4.80. The van der Waals surface area contributed by atoms with E-state index < -0.39 is 0 Å². The van der Waals surface area contributed by atoms with Gasteiger partial charge in [0.05, 0.1) is 19.3 Å². The monoisotopic (exact) mass is 184 g/mol. The quantitative estimate of drug-likeness (QED) is 0.594. The number of nitrogens with two attached hydrogens (primary N) is 1. The molecule has 2 saturated heterocycles. The predicted octanol–water partition coefficient (Wildman–Crippen LogP) is -0.562. The van der Waals surface area contributed by atoms with Gasteiger partial charge in [0.25, 0.3) is 0 Å². The van der Waals surface area contributed by atoms with E-state index in [0.29, 0.717) is 11.8 Å². The topological polar surface area (TPSA) is 55.6 Å². The maximum Gasteiger partial charge on any atom is 0.239 e. The van der Waals surface area contributed by atoms with E-state index in [1.54, 1.807) is 6.92 Å². The Labute approximate surface area is 78.0 Å². The van der Waals surface area contributed by atoms with Crippen molar-refractivity contribution in [1.29, 1.82) is 0 Å². The number of carbonyl (C=O) groups excluding carboxylic acids is 1. The van der Waals surface area contributed by atoms with Crippen molar-refractivity contribution >= 4 is 5.91 Å². The van der Waals surface area contributed by atoms with Crippen molar-refractivity contribution in [2.24, 2.45) is 17.6 Å². The van der Waals surface area contributed by atoms with E-state index in [0.717, 1.165) is 26.3 Å². The number of amides is 1. The Balaban J connectivity index is 1.95. The zero-order chi connectivity index (χ0) is 9.42. The fourth-order valence-corrected chi connectivity index (χ4v) is 2.16. The highest BCUT2D eigenvalue weighted by molar-refractivity contribution is 5.81. The van der Waals surface area contributed by atoms with E-state index >= 15 is 0 Å². The molecule has 13 heavy (non-hydrogen) atoms. The van der Waals surface area contributed by atoms with Gasteiger partial charge in [0, 0.05) is 24.9 Å². The smallest absolute Gasteiger partial charge is 0.239 e. The summed E-state index contributed by atoms with van der Waals surface area (Å²) in [4.78, 5) is 13.4. The van der Waals surface area contributed by atoms with Gasteiger partial charge in [-0.05, 0) is 6.92 Å². The second-order valence-electron chi connectivity index (χ2n) is 4.09. The zero-order valence-electron chi connectivity index (χ0n) is 7.90. The molecule has 2 rings (SSSR count). The lowest BCUT2D eigenvalue weighted by atomic mass is 10.0. The maximum atomic E-state index is 11.5. The Morgan fingerprint density at radius 1 is 1.46 bits per heavy atom. The Morgan fingerprint density at radius 3 is 2.46 bits per heavy atom. The minimum Gasteiger partial charge on any atom is -0.381 e. The molecular weight excluding hydrogens is 168 g/mol. The van der Waals surface area contributed by atoms with Crippen LogP contribution in [0.25, 0.3) is 0 Å². The van der Waals surface area contributed by atoms with Crippen molar-refractivity contribution in [2.75, 3.05) is 26.3 Å². The van der Waals surface area contributed by atoms with E-state index in [9.17, 15) is 4.79 Å². The molecule has 74 valence electrons. The number of ether oxygens (including phenoxy) is 1. The third-order valence-corrected chi connectivity index (χ3v) is 2.94. The van der Waals surface area contributed by atoms with Crippen molar-refractivity contribution in [3.05, 3.63) is 0 Å². The van der Waals surface area contributed by atoms with Crippen LogP contribution in [0, 0.1) is 11.8 Å². The molecule has 4 heteroatoms. The standard InChI is InChI=1S/C9H16N2O2/c1-6(10)9(12)11-2-7-4-13-5-8(7)3-11/h6-8H,2-5,10H2,1H3/t6-,7-,8-/m0/s1. The maximum absolute atomic E-state index is 11.5. The van der Waals surface area contributed by atoms with E-state index in [4.69, 9.17) is 10.5 Å². The van der Waals surface area contributed by atoms with Crippen molar-refractivity contribution in [2.45, 2.75) is 13.0 Å². The Morgan fingerprint density at radius 2 is 2.00 bits per heavy atom. The van der Waals surface area contributed by atoms with Crippen molar-refractivity contribution in [1.82, 2.24) is 4.90 Å². The highest BCUT2D eigenvalue weighted by Crippen LogP contribution is 2.29. The number of hydrogen-bond donors (Lipinski definition) is 1. The van der Waals surface area contributed by atoms with Crippen LogP contribution in [0.2, 0.25) is 0 Å². The summed E-state index contributed by atoms with van der Waals surface area (Å²) in [5, 5.41) is 0. The summed E-state index contributed by atoms with van der Waals surface area (Å²) < 4.78 is 5.33. The van der Waals surface area contributed by atoms with Crippen LogP contribution in [0.5, 0.6) is 0 Å². The molecule has 2 N–H and O–H groups in total. The van der Waals surface area contributed by atoms with Gasteiger partial charge < -0.3 is 15.4 Å². The van der Waals surface area contributed by atoms with Gasteiger partial charge in [-0.2, -0.15) is 0 Å². The summed E-state index contributed by atoms with van der Waals surface area (Å²) in [5.41, 5.74) is 5.54. The van der Waals surface area contributed by atoms with Crippen molar-refractivity contribution < 1.29 is 9.53 Å². The van der Waals surface area contributed by atoms with Crippen LogP contribution in [0.3, 0.4) is 0 Å². The minimum absolute atomic E-state index is 0.0781. The summed E-state index contributed by atoms with van der Waals surface area (Å²) in [7, 11) is 0. The van der Waals surface area contributed by atoms with Gasteiger partial charge in [-0.15, -0.1) is 0 Å². The summed E-state index contributed by atoms with van der Waals surface area (Å²) in [5.74, 6) is 1.19. The lowest BCUT2D eigenvalue weighted by molar-refractivity contribution is -0.131. The van der Waals surface area contributed by atoms with Crippen LogP contribution in [-0.2, 0) is 9.53 Å². The lowest BCUT2D eigenvalue weighted by Crippen LogP contribution is -2.41. The molecule has 0 aliphatic carbocycles. The molecule has 0 unspecified atom stereocenters. The van der Waals surface area contributed by atoms with Gasteiger partial charge >= 0.3 is 0 Å². The summed E-state index contributed by atoms with van der Waals surface area (Å²) in [6, 6.07) is -0.361. The first kappa shape index (κ1) is 8.97. The molecule has 4 nitrogen and oxygen atoms in total. The Kier molecular flexibility index (Phi) is 2.26. The Hall–Kier alpha value is -0.610. The van der Waals surface area contributed by atoms with Gasteiger partial charge in [-0.3, -0.25) is 4.79 Å². The summed E-state index contributed by atoms with van der Waals surface area (Å²) in [6.45, 7) is 5.05. The molecule has 3 atom stereocenters. The zero-order valence-corrected chi connectivity index (χ0v) is 7.90. The molecular formula is C9H16N2O2. The van der Waals surface area contributed by atoms with Crippen LogP contribution in [0.1, 0.15) is 6.92 Å². The van der Waals surface area contributed by atoms with Gasteiger partial charge in [-0.1, -0.05) is 0 Å². The van der Waals surface area contributed by atoms with Crippen LogP contribution in [0.15, 0.2) is 0 Å². The molecule has 2 fully saturated rings. The first-order chi connectivity index (χ1) is 6.18. The van der Waals surface area contributed by atoms with Crippen molar-refractivity contribution in [3.8, 4) is 0 Å². The average molecular weight is 184 g/mol. The highest BCUT2D eigenvalue weighted by Gasteiger charge is 2.39. The minimum atomic E-state index is -0.361. The molecule has 0 spiro atoms. The van der Waals surface area contributed by atoms with Gasteiger partial charge in [0.2, 0.25) is 5.91 Å². The number of hydrogen-bond acceptors (Lipinski definition) is 3. The average Bonchev–Trinajstić information content (AvgIpc) is 2.59. The highest BCUT2D eigenvalue weighted by atomic mass is 16.5. The van der Waals surface area contributed by atoms with Crippen LogP contribution >= 0.6 is 0 Å². The number of nitrogens with zero attached hydrogens (tertiary/aromatic N) is 1. The van der Waals surface area contributed by atoms with E-state index in [2.05, 4.69) is 0 Å². The molecule has 1 amide bonds. The number of rotatable bonds is 1. The Bertz CT molecular complexity index is 206. The fourth-order valence-electron chi connectivity index (χ4n) is 2.16. The molecule has 0 saturated carbocycles. The number of carbonyl (C=O) groups is 1. The molecule has 2 heterocycles.